The minimum Gasteiger partial charge on any atom is -0.365 e. The molecule has 0 atom stereocenters. The predicted molar refractivity (Wildman–Crippen MR) is 110 cm³/mol. The number of ether oxygens (including phenoxy) is 1. The van der Waals surface area contributed by atoms with E-state index in [0.717, 1.165) is 29.3 Å². The number of para-hydroxylation sites is 1. The van der Waals surface area contributed by atoms with E-state index in [1.165, 1.54) is 11.1 Å². The Morgan fingerprint density at radius 2 is 1.86 bits per heavy atom. The molecule has 2 aliphatic heterocycles. The molecule has 3 aromatic rings. The molecule has 1 fully saturated rings. The van der Waals surface area contributed by atoms with Gasteiger partial charge in [0.25, 0.3) is 0 Å². The summed E-state index contributed by atoms with van der Waals surface area (Å²) in [7, 11) is 0. The summed E-state index contributed by atoms with van der Waals surface area (Å²) in [6.07, 6.45) is 7.02. The number of carbonyl (C=O) groups excluding carboxylic acids is 1. The number of benzene rings is 2. The van der Waals surface area contributed by atoms with Crippen molar-refractivity contribution >= 4 is 22.9 Å². The highest BCUT2D eigenvalue weighted by Crippen LogP contribution is 2.43. The largest absolute Gasteiger partial charge is 0.365 e. The zero-order valence-corrected chi connectivity index (χ0v) is 15.7. The summed E-state index contributed by atoms with van der Waals surface area (Å²) in [6.45, 7) is 2.11. The number of aromatic nitrogens is 1. The van der Waals surface area contributed by atoms with Crippen molar-refractivity contribution in [3.63, 3.8) is 0 Å². The second kappa shape index (κ2) is 6.88. The van der Waals surface area contributed by atoms with Crippen LogP contribution in [0.1, 0.15) is 29.5 Å². The van der Waals surface area contributed by atoms with Gasteiger partial charge in [-0.15, -0.1) is 0 Å². The SMILES string of the molecule is O=C(/C=C/c1cnc2ccccc2c1)N1CCC2(CC1)OCc1ccccc12. The number of amides is 1. The van der Waals surface area contributed by atoms with Crippen LogP contribution in [-0.4, -0.2) is 28.9 Å². The first kappa shape index (κ1) is 17.1. The average Bonchev–Trinajstić information content (AvgIpc) is 3.11. The third-order valence-corrected chi connectivity index (χ3v) is 5.92. The van der Waals surface area contributed by atoms with Crippen LogP contribution in [0.4, 0.5) is 0 Å². The van der Waals surface area contributed by atoms with Gasteiger partial charge >= 0.3 is 0 Å². The summed E-state index contributed by atoms with van der Waals surface area (Å²) >= 11 is 0. The summed E-state index contributed by atoms with van der Waals surface area (Å²) in [5, 5.41) is 1.08. The molecule has 1 saturated heterocycles. The molecular weight excluding hydrogens is 348 g/mol. The second-order valence-electron chi connectivity index (χ2n) is 7.56. The molecule has 4 heteroatoms. The first-order valence-corrected chi connectivity index (χ1v) is 9.78. The Hall–Kier alpha value is -2.98. The second-order valence-corrected chi connectivity index (χ2v) is 7.56. The molecule has 1 amide bonds. The fourth-order valence-electron chi connectivity index (χ4n) is 4.34. The molecule has 28 heavy (non-hydrogen) atoms. The monoisotopic (exact) mass is 370 g/mol. The van der Waals surface area contributed by atoms with Gasteiger partial charge < -0.3 is 9.64 Å². The molecule has 1 aromatic heterocycles. The molecule has 0 bridgehead atoms. The number of rotatable bonds is 2. The van der Waals surface area contributed by atoms with E-state index in [4.69, 9.17) is 4.74 Å². The first-order valence-electron chi connectivity index (χ1n) is 9.78. The summed E-state index contributed by atoms with van der Waals surface area (Å²) < 4.78 is 6.19. The Morgan fingerprint density at radius 1 is 1.07 bits per heavy atom. The van der Waals surface area contributed by atoms with E-state index >= 15 is 0 Å². The van der Waals surface area contributed by atoms with Crippen molar-refractivity contribution in [3.8, 4) is 0 Å². The van der Waals surface area contributed by atoms with Crippen molar-refractivity contribution in [2.45, 2.75) is 25.0 Å². The van der Waals surface area contributed by atoms with Gasteiger partial charge in [0.15, 0.2) is 0 Å². The maximum absolute atomic E-state index is 12.7. The van der Waals surface area contributed by atoms with Crippen molar-refractivity contribution in [1.82, 2.24) is 9.88 Å². The van der Waals surface area contributed by atoms with Crippen molar-refractivity contribution in [1.29, 1.82) is 0 Å². The van der Waals surface area contributed by atoms with Crippen LogP contribution in [-0.2, 0) is 21.7 Å². The lowest BCUT2D eigenvalue weighted by Crippen LogP contribution is -2.44. The highest BCUT2D eigenvalue weighted by Gasteiger charge is 2.42. The van der Waals surface area contributed by atoms with E-state index < -0.39 is 0 Å². The number of pyridine rings is 1. The molecule has 1 spiro atoms. The zero-order chi connectivity index (χ0) is 19.0. The molecule has 0 aliphatic carbocycles. The third kappa shape index (κ3) is 3.00. The van der Waals surface area contributed by atoms with E-state index in [1.54, 1.807) is 12.3 Å². The predicted octanol–water partition coefficient (Wildman–Crippen LogP) is 4.30. The number of hydrogen-bond donors (Lipinski definition) is 0. The van der Waals surface area contributed by atoms with Crippen molar-refractivity contribution in [3.05, 3.63) is 83.6 Å². The standard InChI is InChI=1S/C24H22N2O2/c27-23(10-9-18-15-19-5-2-4-8-22(19)25-16-18)26-13-11-24(12-14-26)21-7-3-1-6-20(21)17-28-24/h1-10,15-16H,11-14,17H2/b10-9+. The molecule has 4 nitrogen and oxygen atoms in total. The average molecular weight is 370 g/mol. The molecule has 0 unspecified atom stereocenters. The molecule has 2 aliphatic rings. The molecule has 3 heterocycles. The smallest absolute Gasteiger partial charge is 0.246 e. The van der Waals surface area contributed by atoms with Gasteiger partial charge in [-0.1, -0.05) is 42.5 Å². The number of piperidine rings is 1. The van der Waals surface area contributed by atoms with Crippen molar-refractivity contribution in [2.75, 3.05) is 13.1 Å². The number of fused-ring (bicyclic) bond motifs is 3. The lowest BCUT2D eigenvalue weighted by atomic mass is 9.84. The van der Waals surface area contributed by atoms with Gasteiger partial charge in [0.05, 0.1) is 17.7 Å². The van der Waals surface area contributed by atoms with Gasteiger partial charge in [-0.05, 0) is 47.7 Å². The lowest BCUT2D eigenvalue weighted by molar-refractivity contribution is -0.133. The summed E-state index contributed by atoms with van der Waals surface area (Å²) in [4.78, 5) is 19.0. The van der Waals surface area contributed by atoms with Gasteiger partial charge in [0, 0.05) is 30.7 Å². The minimum atomic E-state index is -0.209. The number of nitrogens with zero attached hydrogens (tertiary/aromatic N) is 2. The fourth-order valence-corrected chi connectivity index (χ4v) is 4.34. The van der Waals surface area contributed by atoms with Gasteiger partial charge in [0.1, 0.15) is 0 Å². The highest BCUT2D eigenvalue weighted by molar-refractivity contribution is 5.92. The van der Waals surface area contributed by atoms with E-state index in [-0.39, 0.29) is 11.5 Å². The molecule has 2 aromatic carbocycles. The number of hydrogen-bond acceptors (Lipinski definition) is 3. The number of likely N-dealkylation sites (tertiary alicyclic amines) is 1. The fraction of sp³-hybridized carbons (Fsp3) is 0.250. The first-order chi connectivity index (χ1) is 13.7. The van der Waals surface area contributed by atoms with Crippen LogP contribution in [0.15, 0.2) is 66.9 Å². The normalized spacial score (nSPS) is 18.1. The molecule has 0 radical (unpaired) electrons. The van der Waals surface area contributed by atoms with Crippen LogP contribution in [0.2, 0.25) is 0 Å². The third-order valence-electron chi connectivity index (χ3n) is 5.92. The van der Waals surface area contributed by atoms with E-state index in [9.17, 15) is 4.79 Å². The van der Waals surface area contributed by atoms with Gasteiger partial charge in [-0.25, -0.2) is 0 Å². The van der Waals surface area contributed by atoms with Gasteiger partial charge in [-0.3, -0.25) is 9.78 Å². The molecule has 140 valence electrons. The van der Waals surface area contributed by atoms with Crippen molar-refractivity contribution in [2.24, 2.45) is 0 Å². The van der Waals surface area contributed by atoms with Crippen LogP contribution in [0, 0.1) is 0 Å². The van der Waals surface area contributed by atoms with E-state index in [0.29, 0.717) is 19.7 Å². The maximum atomic E-state index is 12.7. The zero-order valence-electron chi connectivity index (χ0n) is 15.7. The van der Waals surface area contributed by atoms with Crippen LogP contribution >= 0.6 is 0 Å². The Bertz CT molecular complexity index is 1060. The van der Waals surface area contributed by atoms with Crippen LogP contribution in [0.3, 0.4) is 0 Å². The molecule has 5 rings (SSSR count). The van der Waals surface area contributed by atoms with E-state index in [1.807, 2.05) is 35.2 Å². The van der Waals surface area contributed by atoms with Gasteiger partial charge in [-0.2, -0.15) is 0 Å². The van der Waals surface area contributed by atoms with Crippen LogP contribution < -0.4 is 0 Å². The molecule has 0 N–H and O–H groups in total. The maximum Gasteiger partial charge on any atom is 0.246 e. The quantitative estimate of drug-likeness (QED) is 0.632. The van der Waals surface area contributed by atoms with Crippen LogP contribution in [0.5, 0.6) is 0 Å². The minimum absolute atomic E-state index is 0.0503. The molecule has 0 saturated carbocycles. The highest BCUT2D eigenvalue weighted by atomic mass is 16.5. The Labute approximate surface area is 164 Å². The summed E-state index contributed by atoms with van der Waals surface area (Å²) in [6, 6.07) is 18.5. The van der Waals surface area contributed by atoms with E-state index in [2.05, 4.69) is 35.3 Å². The Kier molecular flexibility index (Phi) is 4.21. The topological polar surface area (TPSA) is 42.4 Å². The Balaban J connectivity index is 1.26. The van der Waals surface area contributed by atoms with Gasteiger partial charge in [0.2, 0.25) is 5.91 Å². The summed E-state index contributed by atoms with van der Waals surface area (Å²) in [5.41, 5.74) is 4.28. The molecular formula is C24H22N2O2. The lowest BCUT2D eigenvalue weighted by Gasteiger charge is -2.39. The Morgan fingerprint density at radius 3 is 2.75 bits per heavy atom. The summed E-state index contributed by atoms with van der Waals surface area (Å²) in [5.74, 6) is 0.0503. The number of carbonyl (C=O) groups is 1. The van der Waals surface area contributed by atoms with Crippen molar-refractivity contribution < 1.29 is 9.53 Å². The van der Waals surface area contributed by atoms with Crippen LogP contribution in [0.25, 0.3) is 17.0 Å².